The fourth-order valence-electron chi connectivity index (χ4n) is 2.48. The zero-order valence-electron chi connectivity index (χ0n) is 10.4. The second-order valence-electron chi connectivity index (χ2n) is 5.25. The first-order valence-electron chi connectivity index (χ1n) is 6.83. The van der Waals surface area contributed by atoms with Crippen LogP contribution in [0.15, 0.2) is 0 Å². The molecule has 0 unspecified atom stereocenters. The Morgan fingerprint density at radius 1 is 1.19 bits per heavy atom. The van der Waals surface area contributed by atoms with Gasteiger partial charge in [-0.3, -0.25) is 10.1 Å². The van der Waals surface area contributed by atoms with E-state index in [2.05, 4.69) is 12.2 Å². The van der Waals surface area contributed by atoms with E-state index in [-0.39, 0.29) is 5.54 Å². The first-order valence-corrected chi connectivity index (χ1v) is 6.83. The molecule has 1 amide bonds. The van der Waals surface area contributed by atoms with E-state index in [0.717, 1.165) is 26.1 Å². The van der Waals surface area contributed by atoms with Gasteiger partial charge in [-0.15, -0.1) is 0 Å². The number of rotatable bonds is 7. The molecule has 1 aliphatic heterocycles. The first-order chi connectivity index (χ1) is 7.78. The Kier molecular flexibility index (Phi) is 3.85. The van der Waals surface area contributed by atoms with Crippen molar-refractivity contribution in [3.63, 3.8) is 0 Å². The molecule has 3 heteroatoms. The number of hydrogen-bond donors (Lipinski definition) is 1. The van der Waals surface area contributed by atoms with Gasteiger partial charge in [-0.05, 0) is 19.3 Å². The maximum Gasteiger partial charge on any atom is 0.243 e. The summed E-state index contributed by atoms with van der Waals surface area (Å²) < 4.78 is 0. The minimum absolute atomic E-state index is 0.0950. The van der Waals surface area contributed by atoms with Crippen LogP contribution in [0.2, 0.25) is 0 Å². The average Bonchev–Trinajstić information content (AvgIpc) is 3.01. The van der Waals surface area contributed by atoms with Crippen LogP contribution in [0.4, 0.5) is 0 Å². The van der Waals surface area contributed by atoms with Crippen molar-refractivity contribution in [2.24, 2.45) is 0 Å². The van der Waals surface area contributed by atoms with Crippen LogP contribution in [0, 0.1) is 0 Å². The van der Waals surface area contributed by atoms with E-state index in [1.165, 1.54) is 38.5 Å². The van der Waals surface area contributed by atoms with Gasteiger partial charge in [-0.25, -0.2) is 0 Å². The highest BCUT2D eigenvalue weighted by atomic mass is 16.2. The van der Waals surface area contributed by atoms with Crippen molar-refractivity contribution < 1.29 is 4.79 Å². The predicted molar refractivity (Wildman–Crippen MR) is 65.1 cm³/mol. The quantitative estimate of drug-likeness (QED) is 0.673. The maximum atomic E-state index is 11.9. The lowest BCUT2D eigenvalue weighted by Gasteiger charge is -2.14. The molecule has 2 aliphatic rings. The van der Waals surface area contributed by atoms with E-state index in [0.29, 0.717) is 5.91 Å². The Bertz CT molecular complexity index is 248. The van der Waals surface area contributed by atoms with E-state index >= 15 is 0 Å². The molecule has 1 heterocycles. The summed E-state index contributed by atoms with van der Waals surface area (Å²) in [5, 5.41) is 3.34. The molecule has 3 nitrogen and oxygen atoms in total. The van der Waals surface area contributed by atoms with E-state index < -0.39 is 0 Å². The van der Waals surface area contributed by atoms with Crippen LogP contribution in [0.1, 0.15) is 58.3 Å². The molecule has 1 aliphatic carbocycles. The monoisotopic (exact) mass is 224 g/mol. The van der Waals surface area contributed by atoms with Gasteiger partial charge in [0, 0.05) is 6.54 Å². The summed E-state index contributed by atoms with van der Waals surface area (Å²) in [5.74, 6) is 0.362. The number of nitrogens with one attached hydrogen (secondary N) is 1. The van der Waals surface area contributed by atoms with Gasteiger partial charge in [0.2, 0.25) is 5.91 Å². The molecular formula is C13H24N2O. The molecule has 0 atom stereocenters. The number of amides is 1. The van der Waals surface area contributed by atoms with Crippen LogP contribution in [-0.4, -0.2) is 29.6 Å². The van der Waals surface area contributed by atoms with Crippen molar-refractivity contribution in [2.45, 2.75) is 63.8 Å². The summed E-state index contributed by atoms with van der Waals surface area (Å²) in [6.45, 7) is 3.98. The van der Waals surface area contributed by atoms with Crippen LogP contribution < -0.4 is 5.32 Å². The standard InChI is InChI=1S/C13H24N2O/c1-2-3-4-5-6-7-10-15-11-14-13(8-9-13)12(15)16/h14H,2-11H2,1H3. The van der Waals surface area contributed by atoms with Crippen molar-refractivity contribution in [1.29, 1.82) is 0 Å². The van der Waals surface area contributed by atoms with Crippen LogP contribution in [0.25, 0.3) is 0 Å². The molecule has 0 bridgehead atoms. The van der Waals surface area contributed by atoms with E-state index in [1.807, 2.05) is 4.90 Å². The SMILES string of the molecule is CCCCCCCCN1CNC2(CC2)C1=O. The molecule has 16 heavy (non-hydrogen) atoms. The molecule has 1 spiro atoms. The highest BCUT2D eigenvalue weighted by molar-refractivity contribution is 5.91. The number of carbonyl (C=O) groups is 1. The normalized spacial score (nSPS) is 22.1. The van der Waals surface area contributed by atoms with Gasteiger partial charge >= 0.3 is 0 Å². The summed E-state index contributed by atoms with van der Waals surface area (Å²) in [4.78, 5) is 13.9. The largest absolute Gasteiger partial charge is 0.328 e. The summed E-state index contributed by atoms with van der Waals surface area (Å²) in [5.41, 5.74) is -0.0950. The lowest BCUT2D eigenvalue weighted by Crippen LogP contribution is -2.32. The molecule has 0 radical (unpaired) electrons. The van der Waals surface area contributed by atoms with Crippen molar-refractivity contribution in [3.05, 3.63) is 0 Å². The van der Waals surface area contributed by atoms with Gasteiger partial charge in [-0.2, -0.15) is 0 Å². The molecule has 2 fully saturated rings. The molecular weight excluding hydrogens is 200 g/mol. The average molecular weight is 224 g/mol. The fraction of sp³-hybridized carbons (Fsp3) is 0.923. The Labute approximate surface area is 98.6 Å². The van der Waals surface area contributed by atoms with Crippen LogP contribution >= 0.6 is 0 Å². The number of nitrogens with zero attached hydrogens (tertiary/aromatic N) is 1. The highest BCUT2D eigenvalue weighted by Crippen LogP contribution is 2.40. The van der Waals surface area contributed by atoms with Crippen molar-refractivity contribution in [3.8, 4) is 0 Å². The molecule has 92 valence electrons. The summed E-state index contributed by atoms with van der Waals surface area (Å²) in [7, 11) is 0. The van der Waals surface area contributed by atoms with Gasteiger partial charge in [0.25, 0.3) is 0 Å². The summed E-state index contributed by atoms with van der Waals surface area (Å²) >= 11 is 0. The maximum absolute atomic E-state index is 11.9. The van der Waals surface area contributed by atoms with E-state index in [4.69, 9.17) is 0 Å². The van der Waals surface area contributed by atoms with Crippen LogP contribution in [0.5, 0.6) is 0 Å². The second-order valence-corrected chi connectivity index (χ2v) is 5.25. The van der Waals surface area contributed by atoms with Gasteiger partial charge in [0.15, 0.2) is 0 Å². The molecule has 1 saturated carbocycles. The highest BCUT2D eigenvalue weighted by Gasteiger charge is 2.55. The lowest BCUT2D eigenvalue weighted by atomic mass is 10.1. The molecule has 0 aromatic carbocycles. The zero-order chi connectivity index (χ0) is 11.4. The van der Waals surface area contributed by atoms with E-state index in [9.17, 15) is 4.79 Å². The Morgan fingerprint density at radius 3 is 2.50 bits per heavy atom. The predicted octanol–water partition coefficient (Wildman–Crippen LogP) is 2.27. The van der Waals surface area contributed by atoms with Gasteiger partial charge < -0.3 is 4.90 Å². The third-order valence-electron chi connectivity index (χ3n) is 3.84. The van der Waals surface area contributed by atoms with Gasteiger partial charge in [0.1, 0.15) is 0 Å². The molecule has 2 rings (SSSR count). The topological polar surface area (TPSA) is 32.3 Å². The van der Waals surface area contributed by atoms with Gasteiger partial charge in [-0.1, -0.05) is 39.0 Å². The minimum Gasteiger partial charge on any atom is -0.328 e. The van der Waals surface area contributed by atoms with E-state index in [1.54, 1.807) is 0 Å². The van der Waals surface area contributed by atoms with Crippen molar-refractivity contribution in [2.75, 3.05) is 13.2 Å². The number of unbranched alkanes of at least 4 members (excludes halogenated alkanes) is 5. The van der Waals surface area contributed by atoms with Crippen LogP contribution in [-0.2, 0) is 4.79 Å². The fourth-order valence-corrected chi connectivity index (χ4v) is 2.48. The number of carbonyl (C=O) groups excluding carboxylic acids is 1. The number of hydrogen-bond acceptors (Lipinski definition) is 2. The van der Waals surface area contributed by atoms with Crippen LogP contribution in [0.3, 0.4) is 0 Å². The Balaban J connectivity index is 1.55. The summed E-state index contributed by atoms with van der Waals surface area (Å²) in [6, 6.07) is 0. The lowest BCUT2D eigenvalue weighted by molar-refractivity contribution is -0.129. The second kappa shape index (κ2) is 5.17. The molecule has 1 saturated heterocycles. The summed E-state index contributed by atoms with van der Waals surface area (Å²) in [6.07, 6.45) is 9.90. The third kappa shape index (κ3) is 2.57. The molecule has 1 N–H and O–H groups in total. The van der Waals surface area contributed by atoms with Crippen molar-refractivity contribution in [1.82, 2.24) is 10.2 Å². The molecule has 0 aromatic rings. The first kappa shape index (κ1) is 11.9. The minimum atomic E-state index is -0.0950. The van der Waals surface area contributed by atoms with Gasteiger partial charge in [0.05, 0.1) is 12.2 Å². The zero-order valence-corrected chi connectivity index (χ0v) is 10.4. The smallest absolute Gasteiger partial charge is 0.243 e. The molecule has 0 aromatic heterocycles. The Hall–Kier alpha value is -0.570. The third-order valence-corrected chi connectivity index (χ3v) is 3.84. The Morgan fingerprint density at radius 2 is 1.88 bits per heavy atom. The van der Waals surface area contributed by atoms with Crippen molar-refractivity contribution >= 4 is 5.91 Å².